The fraction of sp³-hybridized carbons (Fsp3) is 0.333. The molecule has 106 valence electrons. The largest absolute Gasteiger partial charge is 0.354 e. The number of hydrogen-bond acceptors (Lipinski definition) is 8. The average Bonchev–Trinajstić information content (AvgIpc) is 2.48. The van der Waals surface area contributed by atoms with Crippen LogP contribution < -0.4 is 21.5 Å². The smallest absolute Gasteiger partial charge is 0.243 e. The van der Waals surface area contributed by atoms with E-state index in [2.05, 4.69) is 30.7 Å². The Morgan fingerprint density at radius 1 is 1.20 bits per heavy atom. The lowest BCUT2D eigenvalue weighted by Crippen LogP contribution is -2.19. The van der Waals surface area contributed by atoms with Gasteiger partial charge in [-0.25, -0.2) is 5.84 Å². The van der Waals surface area contributed by atoms with Gasteiger partial charge in [-0.05, 0) is 18.1 Å². The van der Waals surface area contributed by atoms with Gasteiger partial charge in [0.2, 0.25) is 17.8 Å². The first kappa shape index (κ1) is 13.9. The zero-order valence-electron chi connectivity index (χ0n) is 11.5. The number of rotatable bonds is 6. The predicted octanol–water partition coefficient (Wildman–Crippen LogP) is 0.273. The van der Waals surface area contributed by atoms with E-state index in [9.17, 15) is 0 Å². The van der Waals surface area contributed by atoms with E-state index in [1.807, 2.05) is 32.4 Å². The molecule has 2 aromatic rings. The summed E-state index contributed by atoms with van der Waals surface area (Å²) in [5.74, 6) is 6.70. The fourth-order valence-electron chi connectivity index (χ4n) is 1.57. The number of anilines is 3. The van der Waals surface area contributed by atoms with Crippen molar-refractivity contribution in [3.05, 3.63) is 30.1 Å². The lowest BCUT2D eigenvalue weighted by atomic mass is 10.2. The maximum atomic E-state index is 5.35. The van der Waals surface area contributed by atoms with Gasteiger partial charge in [-0.2, -0.15) is 15.0 Å². The standard InChI is InChI=1S/C12H18N8/c1-20(2)12-17-10(16-11(18-12)19-13)15-7-5-9-4-3-6-14-8-9/h3-4,6,8H,5,7,13H2,1-2H3,(H2,15,16,17,18,19). The molecule has 20 heavy (non-hydrogen) atoms. The number of pyridine rings is 1. The van der Waals surface area contributed by atoms with Gasteiger partial charge in [0.1, 0.15) is 0 Å². The Kier molecular flexibility index (Phi) is 4.61. The van der Waals surface area contributed by atoms with Crippen LogP contribution in [0, 0.1) is 0 Å². The molecule has 2 heterocycles. The number of nitrogens with two attached hydrogens (primary N) is 1. The quantitative estimate of drug-likeness (QED) is 0.509. The maximum Gasteiger partial charge on any atom is 0.243 e. The molecule has 0 fully saturated rings. The fourth-order valence-corrected chi connectivity index (χ4v) is 1.57. The van der Waals surface area contributed by atoms with Crippen LogP contribution in [0.1, 0.15) is 5.56 Å². The second-order valence-corrected chi connectivity index (χ2v) is 4.36. The molecule has 4 N–H and O–H groups in total. The van der Waals surface area contributed by atoms with E-state index in [1.165, 1.54) is 0 Å². The molecule has 0 atom stereocenters. The number of nitrogen functional groups attached to an aromatic ring is 1. The molecular formula is C12H18N8. The molecule has 0 aliphatic rings. The second-order valence-electron chi connectivity index (χ2n) is 4.36. The minimum atomic E-state index is 0.326. The summed E-state index contributed by atoms with van der Waals surface area (Å²) >= 11 is 0. The van der Waals surface area contributed by atoms with E-state index in [0.29, 0.717) is 24.4 Å². The minimum absolute atomic E-state index is 0.326. The van der Waals surface area contributed by atoms with Crippen LogP contribution in [-0.2, 0) is 6.42 Å². The zero-order chi connectivity index (χ0) is 14.4. The highest BCUT2D eigenvalue weighted by Crippen LogP contribution is 2.10. The molecule has 8 heteroatoms. The molecule has 0 bridgehead atoms. The van der Waals surface area contributed by atoms with Crippen LogP contribution in [0.3, 0.4) is 0 Å². The maximum absolute atomic E-state index is 5.35. The molecule has 2 aromatic heterocycles. The molecule has 8 nitrogen and oxygen atoms in total. The second kappa shape index (κ2) is 6.62. The van der Waals surface area contributed by atoms with Crippen molar-refractivity contribution in [2.75, 3.05) is 36.3 Å². The molecule has 0 unspecified atom stereocenters. The summed E-state index contributed by atoms with van der Waals surface area (Å²) in [6.07, 6.45) is 4.43. The van der Waals surface area contributed by atoms with Crippen molar-refractivity contribution in [2.45, 2.75) is 6.42 Å². The highest BCUT2D eigenvalue weighted by molar-refractivity contribution is 5.42. The van der Waals surface area contributed by atoms with Crippen molar-refractivity contribution < 1.29 is 0 Å². The third-order valence-corrected chi connectivity index (χ3v) is 2.57. The Morgan fingerprint density at radius 2 is 2.00 bits per heavy atom. The molecule has 0 amide bonds. The number of aromatic nitrogens is 4. The Bertz CT molecular complexity index is 542. The minimum Gasteiger partial charge on any atom is -0.354 e. The summed E-state index contributed by atoms with van der Waals surface area (Å²) in [5, 5.41) is 3.15. The molecule has 0 radical (unpaired) electrons. The third kappa shape index (κ3) is 3.75. The summed E-state index contributed by atoms with van der Waals surface area (Å²) in [7, 11) is 3.71. The van der Waals surface area contributed by atoms with E-state index in [0.717, 1.165) is 12.0 Å². The molecular weight excluding hydrogens is 256 g/mol. The van der Waals surface area contributed by atoms with E-state index < -0.39 is 0 Å². The highest BCUT2D eigenvalue weighted by atomic mass is 15.4. The van der Waals surface area contributed by atoms with Crippen LogP contribution in [0.2, 0.25) is 0 Å². The van der Waals surface area contributed by atoms with Crippen LogP contribution in [0.4, 0.5) is 17.8 Å². The SMILES string of the molecule is CN(C)c1nc(NN)nc(NCCc2cccnc2)n1. The predicted molar refractivity (Wildman–Crippen MR) is 78.4 cm³/mol. The van der Waals surface area contributed by atoms with Crippen LogP contribution in [0.5, 0.6) is 0 Å². The average molecular weight is 274 g/mol. The zero-order valence-corrected chi connectivity index (χ0v) is 11.5. The Labute approximate surface area is 117 Å². The van der Waals surface area contributed by atoms with Crippen molar-refractivity contribution >= 4 is 17.8 Å². The Balaban J connectivity index is 2.00. The summed E-state index contributed by atoms with van der Waals surface area (Å²) in [6, 6.07) is 3.94. The molecule has 0 aromatic carbocycles. The van der Waals surface area contributed by atoms with Gasteiger partial charge in [-0.1, -0.05) is 6.07 Å². The van der Waals surface area contributed by atoms with Gasteiger partial charge in [0.25, 0.3) is 0 Å². The lowest BCUT2D eigenvalue weighted by Gasteiger charge is -2.13. The van der Waals surface area contributed by atoms with Gasteiger partial charge in [0.15, 0.2) is 0 Å². The Morgan fingerprint density at radius 3 is 2.65 bits per heavy atom. The van der Waals surface area contributed by atoms with Gasteiger partial charge in [0, 0.05) is 33.0 Å². The van der Waals surface area contributed by atoms with Crippen molar-refractivity contribution in [3.8, 4) is 0 Å². The van der Waals surface area contributed by atoms with E-state index in [1.54, 1.807) is 11.1 Å². The van der Waals surface area contributed by atoms with Crippen molar-refractivity contribution in [1.29, 1.82) is 0 Å². The van der Waals surface area contributed by atoms with Gasteiger partial charge in [-0.15, -0.1) is 0 Å². The van der Waals surface area contributed by atoms with Gasteiger partial charge in [0.05, 0.1) is 0 Å². The van der Waals surface area contributed by atoms with Crippen LogP contribution in [0.15, 0.2) is 24.5 Å². The first-order chi connectivity index (χ1) is 9.69. The van der Waals surface area contributed by atoms with Gasteiger partial charge >= 0.3 is 0 Å². The number of nitrogens with zero attached hydrogens (tertiary/aromatic N) is 5. The van der Waals surface area contributed by atoms with Crippen LogP contribution >= 0.6 is 0 Å². The highest BCUT2D eigenvalue weighted by Gasteiger charge is 2.06. The van der Waals surface area contributed by atoms with Crippen LogP contribution in [-0.4, -0.2) is 40.6 Å². The summed E-state index contributed by atoms with van der Waals surface area (Å²) in [6.45, 7) is 0.701. The number of hydrazine groups is 1. The van der Waals surface area contributed by atoms with Gasteiger partial charge in [-0.3, -0.25) is 10.4 Å². The monoisotopic (exact) mass is 274 g/mol. The third-order valence-electron chi connectivity index (χ3n) is 2.57. The van der Waals surface area contributed by atoms with E-state index in [4.69, 9.17) is 5.84 Å². The Hall–Kier alpha value is -2.48. The molecule has 2 rings (SSSR count). The van der Waals surface area contributed by atoms with Crippen molar-refractivity contribution in [3.63, 3.8) is 0 Å². The number of nitrogens with one attached hydrogen (secondary N) is 2. The molecule has 0 aliphatic heterocycles. The summed E-state index contributed by atoms with van der Waals surface area (Å²) in [5.41, 5.74) is 3.58. The molecule has 0 saturated carbocycles. The van der Waals surface area contributed by atoms with Crippen LogP contribution in [0.25, 0.3) is 0 Å². The first-order valence-electron chi connectivity index (χ1n) is 6.22. The first-order valence-corrected chi connectivity index (χ1v) is 6.22. The number of hydrogen-bond donors (Lipinski definition) is 3. The van der Waals surface area contributed by atoms with Crippen molar-refractivity contribution in [1.82, 2.24) is 19.9 Å². The topological polar surface area (TPSA) is 105 Å². The molecule has 0 spiro atoms. The summed E-state index contributed by atoms with van der Waals surface area (Å²) < 4.78 is 0. The lowest BCUT2D eigenvalue weighted by molar-refractivity contribution is 0.924. The van der Waals surface area contributed by atoms with E-state index >= 15 is 0 Å². The van der Waals surface area contributed by atoms with Crippen molar-refractivity contribution in [2.24, 2.45) is 5.84 Å². The normalized spacial score (nSPS) is 10.2. The molecule has 0 aliphatic carbocycles. The summed E-state index contributed by atoms with van der Waals surface area (Å²) in [4.78, 5) is 18.4. The molecule has 0 saturated heterocycles. The van der Waals surface area contributed by atoms with Gasteiger partial charge < -0.3 is 10.2 Å². The van der Waals surface area contributed by atoms with E-state index in [-0.39, 0.29) is 0 Å².